The standard InChI is InChI=1S/C16H28ClNO6Si/c1-9(24-25(7,8)16(2,3)4)11(14(20)22-5)18-12(15(21)23-6)10(17)13(18)19/h9-12H,1-8H3/t9-,10-,11+,12-/m1/s1. The fraction of sp³-hybridized carbons (Fsp3) is 0.812. The number of rotatable bonds is 6. The van der Waals surface area contributed by atoms with Crippen LogP contribution in [0.4, 0.5) is 0 Å². The average Bonchev–Trinajstić information content (AvgIpc) is 2.51. The van der Waals surface area contributed by atoms with Gasteiger partial charge in [-0.2, -0.15) is 0 Å². The van der Waals surface area contributed by atoms with E-state index in [9.17, 15) is 14.4 Å². The van der Waals surface area contributed by atoms with Crippen molar-refractivity contribution < 1.29 is 28.3 Å². The summed E-state index contributed by atoms with van der Waals surface area (Å²) in [6.45, 7) is 12.0. The quantitative estimate of drug-likeness (QED) is 0.297. The molecule has 0 spiro atoms. The van der Waals surface area contributed by atoms with E-state index in [1.165, 1.54) is 14.2 Å². The van der Waals surface area contributed by atoms with Crippen LogP contribution in [0.25, 0.3) is 0 Å². The maximum absolute atomic E-state index is 12.4. The summed E-state index contributed by atoms with van der Waals surface area (Å²) in [6, 6.07) is -2.10. The van der Waals surface area contributed by atoms with Crippen LogP contribution in [0.15, 0.2) is 0 Å². The van der Waals surface area contributed by atoms with E-state index in [1.54, 1.807) is 6.92 Å². The Morgan fingerprint density at radius 3 is 2.12 bits per heavy atom. The van der Waals surface area contributed by atoms with Gasteiger partial charge in [-0.05, 0) is 25.1 Å². The lowest BCUT2D eigenvalue weighted by Gasteiger charge is -2.48. The highest BCUT2D eigenvalue weighted by atomic mass is 35.5. The summed E-state index contributed by atoms with van der Waals surface area (Å²) in [4.78, 5) is 37.7. The number of methoxy groups -OCH3 is 2. The van der Waals surface area contributed by atoms with Gasteiger partial charge in [0, 0.05) is 0 Å². The Hall–Kier alpha value is -1.12. The monoisotopic (exact) mass is 393 g/mol. The molecule has 1 rings (SSSR count). The highest BCUT2D eigenvalue weighted by molar-refractivity contribution is 6.74. The van der Waals surface area contributed by atoms with E-state index in [1.807, 2.05) is 13.1 Å². The lowest BCUT2D eigenvalue weighted by molar-refractivity contribution is -0.176. The van der Waals surface area contributed by atoms with E-state index >= 15 is 0 Å². The minimum Gasteiger partial charge on any atom is -0.467 e. The van der Waals surface area contributed by atoms with Gasteiger partial charge in [-0.25, -0.2) is 9.59 Å². The molecule has 0 N–H and O–H groups in total. The summed E-state index contributed by atoms with van der Waals surface area (Å²) in [5.41, 5.74) is 0. The number of amides is 1. The summed E-state index contributed by atoms with van der Waals surface area (Å²) in [5, 5.41) is -1.14. The summed E-state index contributed by atoms with van der Waals surface area (Å²) < 4.78 is 15.8. The second-order valence-corrected chi connectivity index (χ2v) is 12.9. The zero-order valence-corrected chi connectivity index (χ0v) is 17.8. The predicted octanol–water partition coefficient (Wildman–Crippen LogP) is 1.93. The minimum atomic E-state index is -2.22. The van der Waals surface area contributed by atoms with Gasteiger partial charge in [-0.3, -0.25) is 4.79 Å². The van der Waals surface area contributed by atoms with E-state index in [2.05, 4.69) is 20.8 Å². The first kappa shape index (κ1) is 21.9. The fourth-order valence-corrected chi connectivity index (χ4v) is 4.24. The number of β-lactam (4-membered cyclic amide) rings is 1. The number of alkyl halides is 1. The molecular formula is C16H28ClNO6Si. The lowest BCUT2D eigenvalue weighted by atomic mass is 9.95. The summed E-state index contributed by atoms with van der Waals surface area (Å²) in [5.74, 6) is -1.84. The Labute approximate surface area is 155 Å². The molecule has 25 heavy (non-hydrogen) atoms. The molecule has 0 bridgehead atoms. The zero-order chi connectivity index (χ0) is 19.7. The van der Waals surface area contributed by atoms with Crippen molar-refractivity contribution in [2.45, 2.75) is 69.4 Å². The number of halogens is 1. The van der Waals surface area contributed by atoms with Crippen molar-refractivity contribution in [2.24, 2.45) is 0 Å². The SMILES string of the molecule is COC(=O)[C@H]([C@@H](C)O[Si](C)(C)C(C)(C)C)N1C(=O)[C@H](Cl)[C@@H]1C(=O)OC. The molecule has 0 aromatic rings. The molecule has 1 saturated heterocycles. The fourth-order valence-electron chi connectivity index (χ4n) is 2.50. The van der Waals surface area contributed by atoms with Crippen molar-refractivity contribution in [3.8, 4) is 0 Å². The molecule has 1 amide bonds. The van der Waals surface area contributed by atoms with Crippen LogP contribution in [0.3, 0.4) is 0 Å². The summed E-state index contributed by atoms with van der Waals surface area (Å²) >= 11 is 5.96. The van der Waals surface area contributed by atoms with Crippen LogP contribution < -0.4 is 0 Å². The van der Waals surface area contributed by atoms with E-state index in [4.69, 9.17) is 25.5 Å². The van der Waals surface area contributed by atoms with Crippen LogP contribution in [-0.2, 0) is 28.3 Å². The molecule has 0 aromatic heterocycles. The molecule has 1 aliphatic rings. The second kappa shape index (κ2) is 7.63. The van der Waals surface area contributed by atoms with Crippen molar-refractivity contribution in [3.63, 3.8) is 0 Å². The zero-order valence-electron chi connectivity index (χ0n) is 16.1. The molecule has 1 aliphatic heterocycles. The smallest absolute Gasteiger partial charge is 0.331 e. The molecule has 0 saturated carbocycles. The van der Waals surface area contributed by atoms with Crippen LogP contribution in [0, 0.1) is 0 Å². The van der Waals surface area contributed by atoms with Gasteiger partial charge in [0.05, 0.1) is 20.3 Å². The topological polar surface area (TPSA) is 82.1 Å². The number of ether oxygens (including phenoxy) is 2. The van der Waals surface area contributed by atoms with Gasteiger partial charge in [0.2, 0.25) is 5.91 Å². The lowest BCUT2D eigenvalue weighted by Crippen LogP contribution is -2.72. The predicted molar refractivity (Wildman–Crippen MR) is 95.8 cm³/mol. The molecule has 144 valence electrons. The molecule has 0 aliphatic carbocycles. The van der Waals surface area contributed by atoms with Gasteiger partial charge in [0.15, 0.2) is 20.4 Å². The van der Waals surface area contributed by atoms with E-state index < -0.39 is 49.7 Å². The Kier molecular flexibility index (Phi) is 6.69. The number of hydrogen-bond acceptors (Lipinski definition) is 6. The Morgan fingerprint density at radius 2 is 1.72 bits per heavy atom. The highest BCUT2D eigenvalue weighted by Gasteiger charge is 2.58. The molecule has 1 heterocycles. The Morgan fingerprint density at radius 1 is 1.20 bits per heavy atom. The first-order valence-electron chi connectivity index (χ1n) is 8.10. The number of nitrogens with zero attached hydrogens (tertiary/aromatic N) is 1. The summed E-state index contributed by atoms with van der Waals surface area (Å²) in [6.07, 6.45) is -0.659. The maximum atomic E-state index is 12.4. The first-order valence-corrected chi connectivity index (χ1v) is 11.4. The van der Waals surface area contributed by atoms with E-state index in [-0.39, 0.29) is 5.04 Å². The van der Waals surface area contributed by atoms with E-state index in [0.29, 0.717) is 0 Å². The van der Waals surface area contributed by atoms with Crippen molar-refractivity contribution in [2.75, 3.05) is 14.2 Å². The second-order valence-electron chi connectivity index (χ2n) is 7.67. The third-order valence-electron chi connectivity index (χ3n) is 4.98. The van der Waals surface area contributed by atoms with Gasteiger partial charge in [-0.1, -0.05) is 20.8 Å². The van der Waals surface area contributed by atoms with Gasteiger partial charge in [0.1, 0.15) is 5.38 Å². The molecule has 0 radical (unpaired) electrons. The minimum absolute atomic E-state index is 0.0857. The molecule has 9 heteroatoms. The Bertz CT molecular complexity index is 547. The first-order chi connectivity index (χ1) is 11.3. The molecular weight excluding hydrogens is 366 g/mol. The van der Waals surface area contributed by atoms with E-state index in [0.717, 1.165) is 4.90 Å². The van der Waals surface area contributed by atoms with Gasteiger partial charge >= 0.3 is 11.9 Å². The number of hydrogen-bond donors (Lipinski definition) is 0. The van der Waals surface area contributed by atoms with Crippen molar-refractivity contribution in [1.29, 1.82) is 0 Å². The Balaban J connectivity index is 3.15. The molecule has 1 fully saturated rings. The maximum Gasteiger partial charge on any atom is 0.331 e. The van der Waals surface area contributed by atoms with Gasteiger partial charge in [-0.15, -0.1) is 11.6 Å². The number of carbonyl (C=O) groups excluding carboxylic acids is 3. The van der Waals surface area contributed by atoms with Crippen LogP contribution in [0.1, 0.15) is 27.7 Å². The third-order valence-corrected chi connectivity index (χ3v) is 9.98. The third kappa shape index (κ3) is 4.17. The molecule has 0 unspecified atom stereocenters. The highest BCUT2D eigenvalue weighted by Crippen LogP contribution is 2.39. The van der Waals surface area contributed by atoms with Crippen molar-refractivity contribution >= 4 is 37.8 Å². The van der Waals surface area contributed by atoms with Crippen LogP contribution >= 0.6 is 11.6 Å². The number of esters is 2. The van der Waals surface area contributed by atoms with Crippen LogP contribution in [-0.4, -0.2) is 68.8 Å². The van der Waals surface area contributed by atoms with Gasteiger partial charge < -0.3 is 18.8 Å². The molecule has 4 atom stereocenters. The average molecular weight is 394 g/mol. The van der Waals surface area contributed by atoms with Crippen molar-refractivity contribution in [1.82, 2.24) is 4.90 Å². The van der Waals surface area contributed by atoms with Crippen LogP contribution in [0.2, 0.25) is 18.1 Å². The molecule has 7 nitrogen and oxygen atoms in total. The van der Waals surface area contributed by atoms with Crippen LogP contribution in [0.5, 0.6) is 0 Å². The summed E-state index contributed by atoms with van der Waals surface area (Å²) in [7, 11) is 0.215. The molecule has 0 aromatic carbocycles. The van der Waals surface area contributed by atoms with Crippen molar-refractivity contribution in [3.05, 3.63) is 0 Å². The number of carbonyl (C=O) groups is 3. The van der Waals surface area contributed by atoms with Gasteiger partial charge in [0.25, 0.3) is 0 Å². The number of likely N-dealkylation sites (tertiary alicyclic amines) is 1. The largest absolute Gasteiger partial charge is 0.467 e. The normalized spacial score (nSPS) is 23.6.